The SMILES string of the molecule is O=C(NC1CCC(C(F)(F)F)CC1)c1cc([N+](=O)[O-])ccc1Br. The van der Waals surface area contributed by atoms with Gasteiger partial charge in [-0.05, 0) is 47.7 Å². The molecule has 5 nitrogen and oxygen atoms in total. The van der Waals surface area contributed by atoms with Crippen molar-refractivity contribution < 1.29 is 22.9 Å². The molecule has 0 aromatic heterocycles. The van der Waals surface area contributed by atoms with Crippen molar-refractivity contribution in [2.75, 3.05) is 0 Å². The van der Waals surface area contributed by atoms with Gasteiger partial charge in [-0.2, -0.15) is 13.2 Å². The van der Waals surface area contributed by atoms with E-state index in [0.717, 1.165) is 6.07 Å². The summed E-state index contributed by atoms with van der Waals surface area (Å²) in [6, 6.07) is 3.44. The topological polar surface area (TPSA) is 72.2 Å². The minimum absolute atomic E-state index is 0.0233. The Morgan fingerprint density at radius 2 is 1.87 bits per heavy atom. The molecule has 23 heavy (non-hydrogen) atoms. The third kappa shape index (κ3) is 4.43. The zero-order valence-corrected chi connectivity index (χ0v) is 13.5. The molecule has 0 spiro atoms. The number of halogens is 4. The van der Waals surface area contributed by atoms with Crippen LogP contribution in [0.25, 0.3) is 0 Å². The highest BCUT2D eigenvalue weighted by atomic mass is 79.9. The van der Waals surface area contributed by atoms with Crippen molar-refractivity contribution in [3.63, 3.8) is 0 Å². The largest absolute Gasteiger partial charge is 0.391 e. The molecule has 1 aliphatic carbocycles. The maximum Gasteiger partial charge on any atom is 0.391 e. The van der Waals surface area contributed by atoms with Gasteiger partial charge in [0.05, 0.1) is 16.4 Å². The van der Waals surface area contributed by atoms with Crippen molar-refractivity contribution in [2.45, 2.75) is 37.9 Å². The van der Waals surface area contributed by atoms with Crippen molar-refractivity contribution in [1.29, 1.82) is 0 Å². The lowest BCUT2D eigenvalue weighted by Gasteiger charge is -2.30. The molecule has 1 aliphatic rings. The molecule has 1 saturated carbocycles. The van der Waals surface area contributed by atoms with Crippen LogP contribution in [0.4, 0.5) is 18.9 Å². The lowest BCUT2D eigenvalue weighted by molar-refractivity contribution is -0.384. The summed E-state index contributed by atoms with van der Waals surface area (Å²) in [6.45, 7) is 0. The van der Waals surface area contributed by atoms with Crippen molar-refractivity contribution in [3.05, 3.63) is 38.3 Å². The lowest BCUT2D eigenvalue weighted by atomic mass is 9.85. The fourth-order valence-corrected chi connectivity index (χ4v) is 3.06. The van der Waals surface area contributed by atoms with Gasteiger partial charge in [0.1, 0.15) is 0 Å². The molecule has 0 aliphatic heterocycles. The first-order chi connectivity index (χ1) is 10.7. The van der Waals surface area contributed by atoms with Crippen molar-refractivity contribution in [2.24, 2.45) is 5.92 Å². The first-order valence-electron chi connectivity index (χ1n) is 7.00. The van der Waals surface area contributed by atoms with E-state index in [-0.39, 0.29) is 43.0 Å². The summed E-state index contributed by atoms with van der Waals surface area (Å²) in [5, 5.41) is 13.4. The van der Waals surface area contributed by atoms with Crippen molar-refractivity contribution in [1.82, 2.24) is 5.32 Å². The van der Waals surface area contributed by atoms with Gasteiger partial charge in [0.25, 0.3) is 11.6 Å². The number of nitro benzene ring substituents is 1. The van der Waals surface area contributed by atoms with Crippen LogP contribution in [-0.4, -0.2) is 23.0 Å². The van der Waals surface area contributed by atoms with Gasteiger partial charge in [0.15, 0.2) is 0 Å². The third-order valence-electron chi connectivity index (χ3n) is 3.93. The Labute approximate surface area is 138 Å². The first kappa shape index (κ1) is 17.7. The molecule has 1 fully saturated rings. The minimum Gasteiger partial charge on any atom is -0.349 e. The van der Waals surface area contributed by atoms with Gasteiger partial charge >= 0.3 is 6.18 Å². The number of hydrogen-bond donors (Lipinski definition) is 1. The summed E-state index contributed by atoms with van der Waals surface area (Å²) < 4.78 is 38.2. The fraction of sp³-hybridized carbons (Fsp3) is 0.500. The highest BCUT2D eigenvalue weighted by molar-refractivity contribution is 9.10. The number of carbonyl (C=O) groups is 1. The zero-order valence-electron chi connectivity index (χ0n) is 11.9. The standard InChI is InChI=1S/C14H14BrF3N2O3/c15-12-6-5-10(20(22)23)7-11(12)13(21)19-9-3-1-8(2-4-9)14(16,17)18/h5-9H,1-4H2,(H,19,21). The highest BCUT2D eigenvalue weighted by Crippen LogP contribution is 2.37. The maximum atomic E-state index is 12.6. The van der Waals surface area contributed by atoms with Gasteiger partial charge in [0.2, 0.25) is 0 Å². The number of nitrogens with zero attached hydrogens (tertiary/aromatic N) is 1. The molecule has 126 valence electrons. The van der Waals surface area contributed by atoms with E-state index in [1.54, 1.807) is 0 Å². The Hall–Kier alpha value is -1.64. The Morgan fingerprint density at radius 3 is 2.39 bits per heavy atom. The summed E-state index contributed by atoms with van der Waals surface area (Å²) in [7, 11) is 0. The molecule has 0 radical (unpaired) electrons. The van der Waals surface area contributed by atoms with Crippen molar-refractivity contribution >= 4 is 27.5 Å². The van der Waals surface area contributed by atoms with Crippen LogP contribution in [0.15, 0.2) is 22.7 Å². The molecule has 0 bridgehead atoms. The average Bonchev–Trinajstić information content (AvgIpc) is 2.47. The van der Waals surface area contributed by atoms with Crippen LogP contribution in [0, 0.1) is 16.0 Å². The van der Waals surface area contributed by atoms with Crippen LogP contribution in [0.5, 0.6) is 0 Å². The van der Waals surface area contributed by atoms with Gasteiger partial charge < -0.3 is 5.32 Å². The van der Waals surface area contributed by atoms with E-state index in [1.165, 1.54) is 12.1 Å². The number of nitro groups is 1. The normalized spacial score (nSPS) is 21.7. The molecular weight excluding hydrogens is 381 g/mol. The van der Waals surface area contributed by atoms with E-state index in [9.17, 15) is 28.1 Å². The van der Waals surface area contributed by atoms with E-state index in [2.05, 4.69) is 21.2 Å². The lowest BCUT2D eigenvalue weighted by Crippen LogP contribution is -2.40. The number of non-ortho nitro benzene ring substituents is 1. The molecule has 1 aromatic carbocycles. The second-order valence-corrected chi connectivity index (χ2v) is 6.34. The van der Waals surface area contributed by atoms with Gasteiger partial charge in [-0.3, -0.25) is 14.9 Å². The minimum atomic E-state index is -4.20. The molecule has 0 unspecified atom stereocenters. The van der Waals surface area contributed by atoms with Gasteiger partial charge in [-0.1, -0.05) is 0 Å². The third-order valence-corrected chi connectivity index (χ3v) is 4.62. The first-order valence-corrected chi connectivity index (χ1v) is 7.79. The fourth-order valence-electron chi connectivity index (χ4n) is 2.63. The number of rotatable bonds is 3. The average molecular weight is 395 g/mol. The number of alkyl halides is 3. The molecule has 0 saturated heterocycles. The molecule has 1 aromatic rings. The van der Waals surface area contributed by atoms with Crippen molar-refractivity contribution in [3.8, 4) is 0 Å². The predicted molar refractivity (Wildman–Crippen MR) is 80.1 cm³/mol. The molecule has 0 atom stereocenters. The number of carbonyl (C=O) groups excluding carboxylic acids is 1. The highest BCUT2D eigenvalue weighted by Gasteiger charge is 2.41. The second kappa shape index (κ2) is 6.86. The van der Waals surface area contributed by atoms with Gasteiger partial charge in [-0.25, -0.2) is 0 Å². The smallest absolute Gasteiger partial charge is 0.349 e. The summed E-state index contributed by atoms with van der Waals surface area (Å²) in [4.78, 5) is 22.3. The molecule has 1 amide bonds. The number of amides is 1. The molecule has 0 heterocycles. The monoisotopic (exact) mass is 394 g/mol. The number of nitrogens with one attached hydrogen (secondary N) is 1. The van der Waals surface area contributed by atoms with Gasteiger partial charge in [0, 0.05) is 22.6 Å². The summed E-state index contributed by atoms with van der Waals surface area (Å²) in [5.74, 6) is -1.85. The maximum absolute atomic E-state index is 12.6. The Bertz CT molecular complexity index is 614. The van der Waals surface area contributed by atoms with Crippen LogP contribution in [-0.2, 0) is 0 Å². The predicted octanol–water partition coefficient (Wildman–Crippen LogP) is 4.21. The Kier molecular flexibility index (Phi) is 5.28. The summed E-state index contributed by atoms with van der Waals surface area (Å²) >= 11 is 3.15. The van der Waals surface area contributed by atoms with Gasteiger partial charge in [-0.15, -0.1) is 0 Å². The number of benzene rings is 1. The van der Waals surface area contributed by atoms with Crippen LogP contribution in [0.3, 0.4) is 0 Å². The summed E-state index contributed by atoms with van der Waals surface area (Å²) in [6.07, 6.45) is -3.77. The van der Waals surface area contributed by atoms with E-state index < -0.39 is 22.9 Å². The summed E-state index contributed by atoms with van der Waals surface area (Å²) in [5.41, 5.74) is -0.128. The Morgan fingerprint density at radius 1 is 1.26 bits per heavy atom. The quantitative estimate of drug-likeness (QED) is 0.616. The Balaban J connectivity index is 2.01. The van der Waals surface area contributed by atoms with E-state index in [4.69, 9.17) is 0 Å². The molecule has 2 rings (SSSR count). The zero-order chi connectivity index (χ0) is 17.2. The van der Waals surface area contributed by atoms with Crippen LogP contribution in [0.2, 0.25) is 0 Å². The molecule has 9 heteroatoms. The van der Waals surface area contributed by atoms with Crippen LogP contribution in [0.1, 0.15) is 36.0 Å². The van der Waals surface area contributed by atoms with Crippen LogP contribution >= 0.6 is 15.9 Å². The van der Waals surface area contributed by atoms with E-state index >= 15 is 0 Å². The number of hydrogen-bond acceptors (Lipinski definition) is 3. The molecule has 1 N–H and O–H groups in total. The van der Waals surface area contributed by atoms with Crippen LogP contribution < -0.4 is 5.32 Å². The second-order valence-electron chi connectivity index (χ2n) is 5.48. The van der Waals surface area contributed by atoms with E-state index in [0.29, 0.717) is 4.47 Å². The molecular formula is C14H14BrF3N2O3. The van der Waals surface area contributed by atoms with E-state index in [1.807, 2.05) is 0 Å².